The Morgan fingerprint density at radius 1 is 1.33 bits per heavy atom. The fourth-order valence-electron chi connectivity index (χ4n) is 3.12. The third-order valence-corrected chi connectivity index (χ3v) is 4.65. The maximum Gasteiger partial charge on any atom is 0.310 e. The van der Waals surface area contributed by atoms with Gasteiger partial charge in [0.25, 0.3) is 0 Å². The van der Waals surface area contributed by atoms with Crippen molar-refractivity contribution in [2.75, 3.05) is 19.7 Å². The van der Waals surface area contributed by atoms with E-state index in [1.165, 1.54) is 0 Å². The van der Waals surface area contributed by atoms with E-state index in [9.17, 15) is 9.59 Å². The Morgan fingerprint density at radius 2 is 2.00 bits per heavy atom. The molecule has 5 nitrogen and oxygen atoms in total. The minimum Gasteiger partial charge on any atom is -0.466 e. The molecule has 1 aromatic rings. The van der Waals surface area contributed by atoms with E-state index in [1.807, 2.05) is 13.8 Å². The normalized spacial score (nSPS) is 18.7. The summed E-state index contributed by atoms with van der Waals surface area (Å²) in [7, 11) is 0. The Labute approximate surface area is 143 Å². The molecule has 1 saturated heterocycles. The number of nitrogens with zero attached hydrogens (tertiary/aromatic N) is 2. The van der Waals surface area contributed by atoms with E-state index in [-0.39, 0.29) is 17.7 Å². The molecule has 5 heteroatoms. The lowest BCUT2D eigenvalue weighted by atomic mass is 9.87. The van der Waals surface area contributed by atoms with Crippen molar-refractivity contribution in [2.45, 2.75) is 39.2 Å². The number of likely N-dealkylation sites (tertiary alicyclic amines) is 1. The van der Waals surface area contributed by atoms with Gasteiger partial charge in [-0.3, -0.25) is 14.5 Å². The van der Waals surface area contributed by atoms with Gasteiger partial charge in [0, 0.05) is 12.1 Å². The van der Waals surface area contributed by atoms with E-state index >= 15 is 0 Å². The summed E-state index contributed by atoms with van der Waals surface area (Å²) in [6, 6.07) is 6.72. The molecule has 0 unspecified atom stereocenters. The van der Waals surface area contributed by atoms with E-state index in [0.29, 0.717) is 24.4 Å². The van der Waals surface area contributed by atoms with E-state index in [4.69, 9.17) is 11.3 Å². The van der Waals surface area contributed by atoms with Gasteiger partial charge in [0.1, 0.15) is 0 Å². The molecular weight excluding hydrogens is 304 g/mol. The molecule has 1 atom stereocenters. The summed E-state index contributed by atoms with van der Waals surface area (Å²) in [5.41, 5.74) is 0.403. The Kier molecular flexibility index (Phi) is 5.74. The molecule has 1 aliphatic rings. The average Bonchev–Trinajstić information content (AvgIpc) is 2.61. The molecule has 128 valence electrons. The summed E-state index contributed by atoms with van der Waals surface area (Å²) in [5.74, 6) is -0.342. The number of carbonyl (C=O) groups excluding carboxylic acids is 2. The van der Waals surface area contributed by atoms with Crippen molar-refractivity contribution in [3.05, 3.63) is 41.2 Å². The summed E-state index contributed by atoms with van der Waals surface area (Å²) in [4.78, 5) is 30.4. The van der Waals surface area contributed by atoms with Gasteiger partial charge in [0.15, 0.2) is 11.5 Å². The van der Waals surface area contributed by atoms with Crippen LogP contribution in [-0.4, -0.2) is 41.9 Å². The Hall–Kier alpha value is -2.19. The van der Waals surface area contributed by atoms with Crippen LogP contribution >= 0.6 is 0 Å². The molecule has 1 aliphatic heterocycles. The van der Waals surface area contributed by atoms with E-state index in [1.54, 1.807) is 31.2 Å². The van der Waals surface area contributed by atoms with Crippen molar-refractivity contribution < 1.29 is 14.3 Å². The molecule has 0 aliphatic carbocycles. The zero-order valence-electron chi connectivity index (χ0n) is 14.5. The maximum absolute atomic E-state index is 12.9. The molecule has 1 fully saturated rings. The topological polar surface area (TPSA) is 51.0 Å². The van der Waals surface area contributed by atoms with E-state index in [2.05, 4.69) is 9.74 Å². The van der Waals surface area contributed by atoms with E-state index in [0.717, 1.165) is 19.4 Å². The number of Topliss-reactive ketones (excluding diaryl/α,β-unsaturated/α-hetero) is 1. The summed E-state index contributed by atoms with van der Waals surface area (Å²) in [6.07, 6.45) is 1.68. The fourth-order valence-corrected chi connectivity index (χ4v) is 3.12. The number of rotatable bonds is 5. The lowest BCUT2D eigenvalue weighted by molar-refractivity contribution is -0.150. The van der Waals surface area contributed by atoms with Crippen LogP contribution in [0, 0.1) is 12.5 Å². The number of benzene rings is 1. The molecule has 1 heterocycles. The van der Waals surface area contributed by atoms with Gasteiger partial charge < -0.3 is 4.74 Å². The molecule has 0 bridgehead atoms. The molecule has 0 saturated carbocycles. The quantitative estimate of drug-likeness (QED) is 0.472. The Morgan fingerprint density at radius 3 is 2.58 bits per heavy atom. The molecule has 2 rings (SSSR count). The molecule has 24 heavy (non-hydrogen) atoms. The number of esters is 1. The SMILES string of the molecule is [C-]#[N+]c1ccc(C(=O)C(C)(C)N2CCC[C@H](C(=O)OCC)C2)cc1. The highest BCUT2D eigenvalue weighted by Gasteiger charge is 2.39. The van der Waals surface area contributed by atoms with Crippen molar-refractivity contribution in [3.63, 3.8) is 0 Å². The summed E-state index contributed by atoms with van der Waals surface area (Å²) in [5, 5.41) is 0. The number of hydrogen-bond acceptors (Lipinski definition) is 4. The van der Waals surface area contributed by atoms with Crippen molar-refractivity contribution in [2.24, 2.45) is 5.92 Å². The van der Waals surface area contributed by atoms with Gasteiger partial charge in [-0.05, 0) is 40.2 Å². The van der Waals surface area contributed by atoms with Crippen molar-refractivity contribution in [1.29, 1.82) is 0 Å². The minimum atomic E-state index is -0.704. The van der Waals surface area contributed by atoms with Gasteiger partial charge >= 0.3 is 5.97 Å². The van der Waals surface area contributed by atoms with Crippen LogP contribution in [0.25, 0.3) is 4.85 Å². The lowest BCUT2D eigenvalue weighted by Gasteiger charge is -2.42. The fraction of sp³-hybridized carbons (Fsp3) is 0.526. The molecule has 0 radical (unpaired) electrons. The van der Waals surface area contributed by atoms with Crippen LogP contribution in [0.1, 0.15) is 44.0 Å². The molecule has 0 spiro atoms. The van der Waals surface area contributed by atoms with Crippen LogP contribution in [0.3, 0.4) is 0 Å². The first kappa shape index (κ1) is 18.2. The maximum atomic E-state index is 12.9. The predicted molar refractivity (Wildman–Crippen MR) is 92.0 cm³/mol. The molecule has 0 amide bonds. The van der Waals surface area contributed by atoms with Crippen LogP contribution in [0.15, 0.2) is 24.3 Å². The van der Waals surface area contributed by atoms with Crippen molar-refractivity contribution in [3.8, 4) is 0 Å². The highest BCUT2D eigenvalue weighted by molar-refractivity contribution is 6.03. The Bertz CT molecular complexity index is 644. The van der Waals surface area contributed by atoms with Crippen molar-refractivity contribution >= 4 is 17.4 Å². The average molecular weight is 328 g/mol. The van der Waals surface area contributed by atoms with Crippen LogP contribution in [0.4, 0.5) is 5.69 Å². The van der Waals surface area contributed by atoms with Gasteiger partial charge in [0.2, 0.25) is 0 Å². The molecule has 1 aromatic carbocycles. The summed E-state index contributed by atoms with van der Waals surface area (Å²) >= 11 is 0. The van der Waals surface area contributed by atoms with Gasteiger partial charge in [-0.1, -0.05) is 24.3 Å². The van der Waals surface area contributed by atoms with Gasteiger partial charge in [-0.2, -0.15) is 0 Å². The minimum absolute atomic E-state index is 0.00328. The zero-order valence-corrected chi connectivity index (χ0v) is 14.5. The number of carbonyl (C=O) groups is 2. The monoisotopic (exact) mass is 328 g/mol. The third-order valence-electron chi connectivity index (χ3n) is 4.65. The van der Waals surface area contributed by atoms with E-state index < -0.39 is 5.54 Å². The highest BCUT2D eigenvalue weighted by Crippen LogP contribution is 2.28. The number of ketones is 1. The second-order valence-corrected chi connectivity index (χ2v) is 6.58. The molecule has 0 aromatic heterocycles. The first-order valence-electron chi connectivity index (χ1n) is 8.34. The lowest BCUT2D eigenvalue weighted by Crippen LogP contribution is -2.54. The van der Waals surface area contributed by atoms with Crippen molar-refractivity contribution in [1.82, 2.24) is 4.90 Å². The second kappa shape index (κ2) is 7.59. The number of ether oxygens (including phenoxy) is 1. The first-order chi connectivity index (χ1) is 11.4. The molecule has 0 N–H and O–H groups in total. The smallest absolute Gasteiger partial charge is 0.310 e. The van der Waals surface area contributed by atoms with Gasteiger partial charge in [-0.25, -0.2) is 4.85 Å². The van der Waals surface area contributed by atoms with Crippen LogP contribution < -0.4 is 0 Å². The van der Waals surface area contributed by atoms with Gasteiger partial charge in [0.05, 0.1) is 24.6 Å². The Balaban J connectivity index is 2.14. The van der Waals surface area contributed by atoms with Gasteiger partial charge in [-0.15, -0.1) is 0 Å². The molecular formula is C19H24N2O3. The summed E-state index contributed by atoms with van der Waals surface area (Å²) in [6.45, 7) is 14.3. The zero-order chi connectivity index (χ0) is 17.7. The highest BCUT2D eigenvalue weighted by atomic mass is 16.5. The standard InChI is InChI=1S/C19H24N2O3/c1-5-24-18(23)15-7-6-12-21(13-15)19(2,3)17(22)14-8-10-16(20-4)11-9-14/h8-11,15H,5-7,12-13H2,1-3H3/t15-/m0/s1. The van der Waals surface area contributed by atoms with Crippen LogP contribution in [0.2, 0.25) is 0 Å². The summed E-state index contributed by atoms with van der Waals surface area (Å²) < 4.78 is 5.13. The number of piperidine rings is 1. The van der Waals surface area contributed by atoms with Crippen LogP contribution in [0.5, 0.6) is 0 Å². The predicted octanol–water partition coefficient (Wildman–Crippen LogP) is 3.47. The first-order valence-corrected chi connectivity index (χ1v) is 8.34. The number of hydrogen-bond donors (Lipinski definition) is 0. The largest absolute Gasteiger partial charge is 0.466 e. The second-order valence-electron chi connectivity index (χ2n) is 6.58. The third kappa shape index (κ3) is 3.82. The van der Waals surface area contributed by atoms with Crippen LogP contribution in [-0.2, 0) is 9.53 Å².